The number of carbonyl (C=O) groups excluding carboxylic acids is 2. The zero-order valence-corrected chi connectivity index (χ0v) is 18.5. The average Bonchev–Trinajstić information content (AvgIpc) is 2.75. The number of nitrogens with zero attached hydrogens (tertiary/aromatic N) is 1. The van der Waals surface area contributed by atoms with Crippen molar-refractivity contribution in [1.29, 1.82) is 0 Å². The second-order valence-electron chi connectivity index (χ2n) is 6.18. The van der Waals surface area contributed by atoms with E-state index in [0.717, 1.165) is 0 Å². The smallest absolute Gasteiger partial charge is 0.340 e. The Bertz CT molecular complexity index is 1120. The molecule has 166 valence electrons. The van der Waals surface area contributed by atoms with E-state index < -0.39 is 24.2 Å². The first-order valence-electron chi connectivity index (χ1n) is 9.01. The number of rotatable bonds is 8. The summed E-state index contributed by atoms with van der Waals surface area (Å²) in [5, 5.41) is 5.92. The molecule has 0 radical (unpaired) electrons. The molecule has 6 nitrogen and oxygen atoms in total. The third-order valence-corrected chi connectivity index (χ3v) is 5.12. The van der Waals surface area contributed by atoms with Crippen molar-refractivity contribution >= 4 is 64.0 Å². The molecule has 0 aliphatic rings. The molecule has 11 heteroatoms. The number of amides is 1. The van der Waals surface area contributed by atoms with E-state index in [0.29, 0.717) is 33.1 Å². The van der Waals surface area contributed by atoms with Crippen molar-refractivity contribution in [2.45, 2.75) is 10.7 Å². The van der Waals surface area contributed by atoms with E-state index in [1.807, 2.05) is 0 Å². The molecule has 1 aromatic heterocycles. The predicted octanol–water partition coefficient (Wildman–Crippen LogP) is 6.24. The van der Waals surface area contributed by atoms with Crippen LogP contribution in [0.4, 0.5) is 26.0 Å². The van der Waals surface area contributed by atoms with E-state index in [-0.39, 0.29) is 16.4 Å². The molecule has 3 aromatic rings. The van der Waals surface area contributed by atoms with Gasteiger partial charge in [0.05, 0.1) is 21.3 Å². The highest BCUT2D eigenvalue weighted by atomic mass is 35.5. The molecule has 2 N–H and O–H groups in total. The summed E-state index contributed by atoms with van der Waals surface area (Å²) in [5.41, 5.74) is 1.20. The van der Waals surface area contributed by atoms with Gasteiger partial charge in [-0.2, -0.15) is 8.78 Å². The number of carbonyl (C=O) groups is 2. The summed E-state index contributed by atoms with van der Waals surface area (Å²) in [6.45, 7) is -0.562. The van der Waals surface area contributed by atoms with Crippen LogP contribution in [0.3, 0.4) is 0 Å². The van der Waals surface area contributed by atoms with E-state index in [9.17, 15) is 18.4 Å². The molecule has 0 saturated carbocycles. The molecule has 0 aliphatic heterocycles. The maximum atomic E-state index is 12.5. The Morgan fingerprint density at radius 2 is 1.81 bits per heavy atom. The van der Waals surface area contributed by atoms with Crippen molar-refractivity contribution in [2.24, 2.45) is 0 Å². The van der Waals surface area contributed by atoms with Crippen LogP contribution in [0.2, 0.25) is 10.0 Å². The van der Waals surface area contributed by atoms with Gasteiger partial charge in [0.15, 0.2) is 12.4 Å². The summed E-state index contributed by atoms with van der Waals surface area (Å²) >= 11 is 12.1. The Morgan fingerprint density at radius 3 is 2.50 bits per heavy atom. The van der Waals surface area contributed by atoms with Gasteiger partial charge in [-0.25, -0.2) is 9.78 Å². The fraction of sp³-hybridized carbons (Fsp3) is 0.0952. The number of anilines is 3. The van der Waals surface area contributed by atoms with Gasteiger partial charge in [0.1, 0.15) is 0 Å². The number of thioether (sulfide) groups is 1. The number of halogens is 4. The van der Waals surface area contributed by atoms with Crippen molar-refractivity contribution in [1.82, 2.24) is 4.98 Å². The number of ether oxygens (including phenoxy) is 1. The molecule has 0 saturated heterocycles. The fourth-order valence-corrected chi connectivity index (χ4v) is 3.46. The van der Waals surface area contributed by atoms with Gasteiger partial charge in [0.25, 0.3) is 11.7 Å². The molecule has 2 aromatic carbocycles. The van der Waals surface area contributed by atoms with Gasteiger partial charge >= 0.3 is 5.97 Å². The fourth-order valence-electron chi connectivity index (χ4n) is 2.53. The Hall–Kier alpha value is -2.88. The number of hydrogen-bond acceptors (Lipinski definition) is 6. The van der Waals surface area contributed by atoms with E-state index in [4.69, 9.17) is 27.9 Å². The first-order valence-corrected chi connectivity index (χ1v) is 10.6. The summed E-state index contributed by atoms with van der Waals surface area (Å²) in [5.74, 6) is -3.78. The van der Waals surface area contributed by atoms with Crippen LogP contribution in [0, 0.1) is 0 Å². The molecule has 32 heavy (non-hydrogen) atoms. The van der Waals surface area contributed by atoms with Crippen LogP contribution in [0.5, 0.6) is 0 Å². The molecule has 0 fully saturated rings. The summed E-state index contributed by atoms with van der Waals surface area (Å²) in [6, 6.07) is 14.3. The van der Waals surface area contributed by atoms with Gasteiger partial charge in [0.2, 0.25) is 0 Å². The Kier molecular flexibility index (Phi) is 8.26. The monoisotopic (exact) mass is 497 g/mol. The molecular weight excluding hydrogens is 483 g/mol. The lowest BCUT2D eigenvalue weighted by molar-refractivity contribution is -0.119. The molecule has 3 rings (SSSR count). The Labute approximate surface area is 196 Å². The van der Waals surface area contributed by atoms with Crippen LogP contribution < -0.4 is 10.6 Å². The number of nitrogens with one attached hydrogen (secondary N) is 2. The van der Waals surface area contributed by atoms with Gasteiger partial charge in [-0.05, 0) is 42.5 Å². The summed E-state index contributed by atoms with van der Waals surface area (Å²) in [6.07, 6.45) is 1.32. The lowest BCUT2D eigenvalue weighted by Gasteiger charge is -2.12. The number of esters is 1. The standard InChI is InChI=1S/C21H15Cl2F2N3O3S/c22-12-9-16(23)19(26-10-12)28-18(29)11-31-20(30)15-3-1-2-4-17(15)27-13-5-7-14(8-6-13)32-21(24)25/h1-10,21,27H,11H2,(H,26,28,29). The number of aromatic nitrogens is 1. The predicted molar refractivity (Wildman–Crippen MR) is 121 cm³/mol. The van der Waals surface area contributed by atoms with Crippen molar-refractivity contribution in [3.05, 3.63) is 76.4 Å². The molecule has 0 atom stereocenters. The number of hydrogen-bond donors (Lipinski definition) is 2. The van der Waals surface area contributed by atoms with Gasteiger partial charge in [-0.15, -0.1) is 0 Å². The molecule has 0 aliphatic carbocycles. The van der Waals surface area contributed by atoms with Crippen LogP contribution >= 0.6 is 35.0 Å². The van der Waals surface area contributed by atoms with Gasteiger partial charge < -0.3 is 15.4 Å². The van der Waals surface area contributed by atoms with Crippen LogP contribution in [-0.2, 0) is 9.53 Å². The highest BCUT2D eigenvalue weighted by molar-refractivity contribution is 7.99. The highest BCUT2D eigenvalue weighted by Crippen LogP contribution is 2.28. The van der Waals surface area contributed by atoms with Crippen LogP contribution in [0.25, 0.3) is 0 Å². The van der Waals surface area contributed by atoms with E-state index in [2.05, 4.69) is 15.6 Å². The number of para-hydroxylation sites is 1. The first kappa shape index (κ1) is 23.8. The third kappa shape index (κ3) is 6.81. The van der Waals surface area contributed by atoms with Crippen molar-refractivity contribution in [3.8, 4) is 0 Å². The number of benzene rings is 2. The van der Waals surface area contributed by atoms with Gasteiger partial charge in [0, 0.05) is 16.8 Å². The lowest BCUT2D eigenvalue weighted by atomic mass is 10.1. The minimum atomic E-state index is -2.51. The largest absolute Gasteiger partial charge is 0.452 e. The van der Waals surface area contributed by atoms with Crippen LogP contribution in [-0.4, -0.2) is 29.2 Å². The molecule has 0 unspecified atom stereocenters. The van der Waals surface area contributed by atoms with Gasteiger partial charge in [-0.1, -0.05) is 47.1 Å². The normalized spacial score (nSPS) is 10.7. The quantitative estimate of drug-likeness (QED) is 0.283. The lowest BCUT2D eigenvalue weighted by Crippen LogP contribution is -2.22. The van der Waals surface area contributed by atoms with Crippen molar-refractivity contribution in [3.63, 3.8) is 0 Å². The SMILES string of the molecule is O=C(COC(=O)c1ccccc1Nc1ccc(SC(F)F)cc1)Nc1ncc(Cl)cc1Cl. The summed E-state index contributed by atoms with van der Waals surface area (Å²) < 4.78 is 30.0. The van der Waals surface area contributed by atoms with Crippen molar-refractivity contribution < 1.29 is 23.1 Å². The topological polar surface area (TPSA) is 80.3 Å². The number of alkyl halides is 2. The molecule has 1 heterocycles. The minimum Gasteiger partial charge on any atom is -0.452 e. The highest BCUT2D eigenvalue weighted by Gasteiger charge is 2.16. The zero-order valence-electron chi connectivity index (χ0n) is 16.2. The van der Waals surface area contributed by atoms with E-state index in [1.165, 1.54) is 18.3 Å². The maximum Gasteiger partial charge on any atom is 0.340 e. The maximum absolute atomic E-state index is 12.5. The third-order valence-electron chi connectivity index (χ3n) is 3.91. The Morgan fingerprint density at radius 1 is 1.09 bits per heavy atom. The summed E-state index contributed by atoms with van der Waals surface area (Å²) in [4.78, 5) is 28.9. The Balaban J connectivity index is 1.61. The van der Waals surface area contributed by atoms with Gasteiger partial charge in [-0.3, -0.25) is 4.79 Å². The molecule has 0 spiro atoms. The van der Waals surface area contributed by atoms with E-state index >= 15 is 0 Å². The zero-order chi connectivity index (χ0) is 23.1. The molecular formula is C21H15Cl2F2N3O3S. The van der Waals surface area contributed by atoms with Crippen LogP contribution in [0.15, 0.2) is 65.7 Å². The second kappa shape index (κ2) is 11.1. The first-order chi connectivity index (χ1) is 15.3. The van der Waals surface area contributed by atoms with Crippen LogP contribution in [0.1, 0.15) is 10.4 Å². The second-order valence-corrected chi connectivity index (χ2v) is 8.09. The van der Waals surface area contributed by atoms with Crippen molar-refractivity contribution in [2.75, 3.05) is 17.2 Å². The minimum absolute atomic E-state index is 0.0904. The summed E-state index contributed by atoms with van der Waals surface area (Å²) in [7, 11) is 0. The number of pyridine rings is 1. The average molecular weight is 498 g/mol. The van der Waals surface area contributed by atoms with E-state index in [1.54, 1.807) is 42.5 Å². The molecule has 1 amide bonds. The molecule has 0 bridgehead atoms.